The molecule has 4 aromatic rings. The molecule has 0 N–H and O–H groups in total. The minimum Gasteiger partial charge on any atom is -0.287 e. The number of hydrogen-bond donors (Lipinski definition) is 0. The molecule has 0 aliphatic carbocycles. The van der Waals surface area contributed by atoms with Gasteiger partial charge in [0.25, 0.3) is 5.56 Å². The molecule has 0 atom stereocenters. The fourth-order valence-electron chi connectivity index (χ4n) is 3.12. The van der Waals surface area contributed by atoms with Gasteiger partial charge in [-0.05, 0) is 37.6 Å². The van der Waals surface area contributed by atoms with E-state index in [9.17, 15) is 9.18 Å². The van der Waals surface area contributed by atoms with Crippen LogP contribution in [0.3, 0.4) is 0 Å². The Morgan fingerprint density at radius 3 is 2.56 bits per heavy atom. The van der Waals surface area contributed by atoms with Crippen LogP contribution in [0.15, 0.2) is 53.3 Å². The minimum absolute atomic E-state index is 0.0866. The maximum atomic E-state index is 14.3. The van der Waals surface area contributed by atoms with Crippen LogP contribution in [0, 0.1) is 19.7 Å². The number of halogens is 2. The minimum atomic E-state index is -0.354. The lowest BCUT2D eigenvalue weighted by Gasteiger charge is -2.14. The summed E-state index contributed by atoms with van der Waals surface area (Å²) in [6.07, 6.45) is 0. The molecule has 0 unspecified atom stereocenters. The van der Waals surface area contributed by atoms with Gasteiger partial charge < -0.3 is 0 Å². The van der Waals surface area contributed by atoms with Crippen molar-refractivity contribution in [2.45, 2.75) is 20.4 Å². The SMILES string of the molecule is Cc1sc2nc(-c3ccccc3Cl)n(Cc3ccccc3F)c(=O)c2c1C. The summed E-state index contributed by atoms with van der Waals surface area (Å²) in [5, 5.41) is 1.08. The predicted molar refractivity (Wildman–Crippen MR) is 109 cm³/mol. The van der Waals surface area contributed by atoms with Crippen molar-refractivity contribution in [2.75, 3.05) is 0 Å². The smallest absolute Gasteiger partial charge is 0.263 e. The van der Waals surface area contributed by atoms with Gasteiger partial charge in [-0.15, -0.1) is 11.3 Å². The zero-order valence-electron chi connectivity index (χ0n) is 14.8. The normalized spacial score (nSPS) is 11.3. The second-order valence-electron chi connectivity index (χ2n) is 6.36. The molecule has 0 aliphatic rings. The van der Waals surface area contributed by atoms with Crippen molar-refractivity contribution in [3.8, 4) is 11.4 Å². The Bertz CT molecular complexity index is 1230. The van der Waals surface area contributed by atoms with Crippen LogP contribution in [0.1, 0.15) is 16.0 Å². The van der Waals surface area contributed by atoms with E-state index in [2.05, 4.69) is 0 Å². The van der Waals surface area contributed by atoms with Crippen molar-refractivity contribution < 1.29 is 4.39 Å². The molecule has 0 radical (unpaired) electrons. The summed E-state index contributed by atoms with van der Waals surface area (Å²) in [6, 6.07) is 13.7. The quantitative estimate of drug-likeness (QED) is 0.451. The van der Waals surface area contributed by atoms with E-state index in [1.165, 1.54) is 22.0 Å². The number of fused-ring (bicyclic) bond motifs is 1. The third kappa shape index (κ3) is 3.07. The highest BCUT2D eigenvalue weighted by molar-refractivity contribution is 7.18. The number of hydrogen-bond acceptors (Lipinski definition) is 3. The summed E-state index contributed by atoms with van der Waals surface area (Å²) in [5.41, 5.74) is 1.82. The van der Waals surface area contributed by atoms with E-state index in [4.69, 9.17) is 16.6 Å². The maximum absolute atomic E-state index is 14.3. The van der Waals surface area contributed by atoms with Gasteiger partial charge in [0.15, 0.2) is 0 Å². The van der Waals surface area contributed by atoms with Crippen molar-refractivity contribution in [3.63, 3.8) is 0 Å². The van der Waals surface area contributed by atoms with E-state index in [0.717, 1.165) is 10.4 Å². The summed E-state index contributed by atoms with van der Waals surface area (Å²) < 4.78 is 15.8. The predicted octanol–water partition coefficient (Wildman–Crippen LogP) is 5.58. The number of nitrogens with zero attached hydrogens (tertiary/aromatic N) is 2. The summed E-state index contributed by atoms with van der Waals surface area (Å²) >= 11 is 7.86. The Hall–Kier alpha value is -2.50. The monoisotopic (exact) mass is 398 g/mol. The number of aromatic nitrogens is 2. The number of thiophene rings is 1. The summed E-state index contributed by atoms with van der Waals surface area (Å²) in [7, 11) is 0. The lowest BCUT2D eigenvalue weighted by Crippen LogP contribution is -2.24. The van der Waals surface area contributed by atoms with E-state index >= 15 is 0 Å². The van der Waals surface area contributed by atoms with Crippen molar-refractivity contribution in [1.82, 2.24) is 9.55 Å². The summed E-state index contributed by atoms with van der Waals surface area (Å²) in [5.74, 6) is 0.0930. The molecule has 2 aromatic carbocycles. The molecular weight excluding hydrogens is 383 g/mol. The Kier molecular flexibility index (Phi) is 4.58. The average molecular weight is 399 g/mol. The number of rotatable bonds is 3. The molecular formula is C21H16ClFN2OS. The highest BCUT2D eigenvalue weighted by atomic mass is 35.5. The van der Waals surface area contributed by atoms with Gasteiger partial charge in [0.2, 0.25) is 0 Å². The fourth-order valence-corrected chi connectivity index (χ4v) is 4.36. The van der Waals surface area contributed by atoms with Gasteiger partial charge in [0, 0.05) is 16.0 Å². The molecule has 4 rings (SSSR count). The molecule has 27 heavy (non-hydrogen) atoms. The van der Waals surface area contributed by atoms with Crippen LogP contribution in [0.2, 0.25) is 5.02 Å². The van der Waals surface area contributed by atoms with E-state index < -0.39 is 0 Å². The van der Waals surface area contributed by atoms with Gasteiger partial charge in [0.05, 0.1) is 17.0 Å². The van der Waals surface area contributed by atoms with Crippen molar-refractivity contribution in [1.29, 1.82) is 0 Å². The van der Waals surface area contributed by atoms with E-state index in [0.29, 0.717) is 32.2 Å². The van der Waals surface area contributed by atoms with Crippen LogP contribution in [0.25, 0.3) is 21.6 Å². The van der Waals surface area contributed by atoms with Crippen molar-refractivity contribution >= 4 is 33.2 Å². The van der Waals surface area contributed by atoms with Crippen molar-refractivity contribution in [2.24, 2.45) is 0 Å². The molecule has 0 fully saturated rings. The average Bonchev–Trinajstić information content (AvgIpc) is 2.94. The third-order valence-electron chi connectivity index (χ3n) is 4.69. The molecule has 136 valence electrons. The Morgan fingerprint density at radius 1 is 1.11 bits per heavy atom. The van der Waals surface area contributed by atoms with Crippen molar-refractivity contribution in [3.05, 3.63) is 85.7 Å². The molecule has 0 amide bonds. The molecule has 0 saturated carbocycles. The summed E-state index contributed by atoms with van der Waals surface area (Å²) in [6.45, 7) is 3.97. The Labute approximate surface area is 164 Å². The van der Waals surface area contributed by atoms with Gasteiger partial charge in [-0.1, -0.05) is 41.9 Å². The first-order valence-electron chi connectivity index (χ1n) is 8.46. The molecule has 6 heteroatoms. The van der Waals surface area contributed by atoms with Gasteiger partial charge in [-0.25, -0.2) is 9.37 Å². The maximum Gasteiger partial charge on any atom is 0.263 e. The van der Waals surface area contributed by atoms with Gasteiger partial charge in [-0.2, -0.15) is 0 Å². The molecule has 0 spiro atoms. The zero-order chi connectivity index (χ0) is 19.1. The first kappa shape index (κ1) is 17.9. The van der Waals surface area contributed by atoms with Gasteiger partial charge in [0.1, 0.15) is 16.5 Å². The Balaban J connectivity index is 2.05. The van der Waals surface area contributed by atoms with Crippen LogP contribution in [-0.4, -0.2) is 9.55 Å². The lowest BCUT2D eigenvalue weighted by molar-refractivity contribution is 0.597. The molecule has 2 heterocycles. The lowest BCUT2D eigenvalue weighted by atomic mass is 10.1. The topological polar surface area (TPSA) is 34.9 Å². The largest absolute Gasteiger partial charge is 0.287 e. The van der Waals surface area contributed by atoms with E-state index in [1.54, 1.807) is 24.3 Å². The van der Waals surface area contributed by atoms with Gasteiger partial charge >= 0.3 is 0 Å². The van der Waals surface area contributed by atoms with Crippen LogP contribution in [-0.2, 0) is 6.54 Å². The molecule has 3 nitrogen and oxygen atoms in total. The van der Waals surface area contributed by atoms with Crippen LogP contribution in [0.4, 0.5) is 4.39 Å². The number of aryl methyl sites for hydroxylation is 2. The highest BCUT2D eigenvalue weighted by Crippen LogP contribution is 2.31. The zero-order valence-corrected chi connectivity index (χ0v) is 16.4. The molecule has 2 aromatic heterocycles. The molecule has 0 bridgehead atoms. The molecule has 0 aliphatic heterocycles. The van der Waals surface area contributed by atoms with Crippen LogP contribution in [0.5, 0.6) is 0 Å². The standard InChI is InChI=1S/C21H16ClFN2OS/c1-12-13(2)27-20-18(12)21(26)25(11-14-7-3-6-10-17(14)23)19(24-20)15-8-4-5-9-16(15)22/h3-10H,11H2,1-2H3. The second-order valence-corrected chi connectivity index (χ2v) is 7.97. The molecule has 0 saturated heterocycles. The Morgan fingerprint density at radius 2 is 1.81 bits per heavy atom. The fraction of sp³-hybridized carbons (Fsp3) is 0.143. The first-order valence-corrected chi connectivity index (χ1v) is 9.65. The summed E-state index contributed by atoms with van der Waals surface area (Å²) in [4.78, 5) is 19.8. The second kappa shape index (κ2) is 6.91. The third-order valence-corrected chi connectivity index (χ3v) is 6.12. The first-order chi connectivity index (χ1) is 13.0. The highest BCUT2D eigenvalue weighted by Gasteiger charge is 2.19. The van der Waals surface area contributed by atoms with E-state index in [1.807, 2.05) is 32.0 Å². The van der Waals surface area contributed by atoms with Crippen LogP contribution >= 0.6 is 22.9 Å². The number of benzene rings is 2. The van der Waals surface area contributed by atoms with Gasteiger partial charge in [-0.3, -0.25) is 9.36 Å². The van der Waals surface area contributed by atoms with Crippen LogP contribution < -0.4 is 5.56 Å². The van der Waals surface area contributed by atoms with E-state index in [-0.39, 0.29) is 17.9 Å².